The SMILES string of the molecule is CC(=O)C1=C(c2ccc(F)cc2)NC(=S)N[C@H]1c1cccc([N+](=O)[O-])c1. The van der Waals surface area contributed by atoms with Crippen molar-refractivity contribution in [1.29, 1.82) is 0 Å². The van der Waals surface area contributed by atoms with Gasteiger partial charge in [0.1, 0.15) is 5.82 Å². The van der Waals surface area contributed by atoms with E-state index in [1.807, 2.05) is 0 Å². The lowest BCUT2D eigenvalue weighted by Crippen LogP contribution is -2.44. The molecule has 0 bridgehead atoms. The Morgan fingerprint density at radius 1 is 1.23 bits per heavy atom. The highest BCUT2D eigenvalue weighted by Gasteiger charge is 2.30. The number of hydrogen-bond donors (Lipinski definition) is 2. The number of ketones is 1. The van der Waals surface area contributed by atoms with E-state index in [1.165, 1.54) is 31.2 Å². The summed E-state index contributed by atoms with van der Waals surface area (Å²) in [5, 5.41) is 17.3. The molecular formula is C18H14FN3O3S. The van der Waals surface area contributed by atoms with Crippen molar-refractivity contribution in [2.24, 2.45) is 0 Å². The zero-order valence-electron chi connectivity index (χ0n) is 13.7. The van der Waals surface area contributed by atoms with Crippen LogP contribution in [-0.4, -0.2) is 15.8 Å². The first-order valence-corrected chi connectivity index (χ1v) is 8.10. The van der Waals surface area contributed by atoms with Gasteiger partial charge in [-0.05, 0) is 54.5 Å². The number of non-ortho nitro benzene ring substituents is 1. The Kier molecular flexibility index (Phi) is 4.77. The number of thiocarbonyl (C=S) groups is 1. The molecule has 1 heterocycles. The van der Waals surface area contributed by atoms with Crippen LogP contribution in [0.1, 0.15) is 24.1 Å². The molecule has 0 radical (unpaired) electrons. The molecule has 0 aromatic heterocycles. The lowest BCUT2D eigenvalue weighted by Gasteiger charge is -2.31. The number of carbonyl (C=O) groups excluding carboxylic acids is 1. The van der Waals surface area contributed by atoms with Crippen LogP contribution >= 0.6 is 12.2 Å². The van der Waals surface area contributed by atoms with E-state index < -0.39 is 16.8 Å². The van der Waals surface area contributed by atoms with Gasteiger partial charge in [-0.2, -0.15) is 0 Å². The number of Topliss-reactive ketones (excluding diaryl/α,β-unsaturated/α-hetero) is 1. The van der Waals surface area contributed by atoms with E-state index in [0.29, 0.717) is 22.4 Å². The minimum absolute atomic E-state index is 0.0833. The Morgan fingerprint density at radius 3 is 2.54 bits per heavy atom. The molecule has 0 aliphatic carbocycles. The summed E-state index contributed by atoms with van der Waals surface area (Å²) in [5.74, 6) is -0.631. The zero-order chi connectivity index (χ0) is 18.8. The molecule has 26 heavy (non-hydrogen) atoms. The van der Waals surface area contributed by atoms with Crippen LogP contribution in [0.2, 0.25) is 0 Å². The predicted molar refractivity (Wildman–Crippen MR) is 98.7 cm³/mol. The Balaban J connectivity index is 2.17. The summed E-state index contributed by atoms with van der Waals surface area (Å²) in [6.45, 7) is 1.40. The largest absolute Gasteiger partial charge is 0.351 e. The maximum atomic E-state index is 13.2. The van der Waals surface area contributed by atoms with Crippen molar-refractivity contribution in [3.63, 3.8) is 0 Å². The predicted octanol–water partition coefficient (Wildman–Crippen LogP) is 3.25. The van der Waals surface area contributed by atoms with E-state index in [1.54, 1.807) is 24.3 Å². The Labute approximate surface area is 153 Å². The molecule has 8 heteroatoms. The molecule has 132 valence electrons. The number of rotatable bonds is 4. The molecule has 0 fully saturated rings. The zero-order valence-corrected chi connectivity index (χ0v) is 14.5. The first-order valence-electron chi connectivity index (χ1n) is 7.69. The van der Waals surface area contributed by atoms with Gasteiger partial charge in [-0.15, -0.1) is 0 Å². The van der Waals surface area contributed by atoms with E-state index >= 15 is 0 Å². The summed E-state index contributed by atoms with van der Waals surface area (Å²) in [6, 6.07) is 11.0. The van der Waals surface area contributed by atoms with Crippen LogP contribution in [0.3, 0.4) is 0 Å². The second kappa shape index (κ2) is 7.01. The monoisotopic (exact) mass is 371 g/mol. The highest BCUT2D eigenvalue weighted by molar-refractivity contribution is 7.80. The van der Waals surface area contributed by atoms with Crippen molar-refractivity contribution in [3.8, 4) is 0 Å². The Bertz CT molecular complexity index is 941. The molecule has 1 aliphatic heterocycles. The van der Waals surface area contributed by atoms with Gasteiger partial charge in [-0.3, -0.25) is 14.9 Å². The molecule has 6 nitrogen and oxygen atoms in total. The fraction of sp³-hybridized carbons (Fsp3) is 0.111. The van der Waals surface area contributed by atoms with Crippen LogP contribution in [0.5, 0.6) is 0 Å². The van der Waals surface area contributed by atoms with E-state index in [9.17, 15) is 19.3 Å². The average Bonchev–Trinajstić information content (AvgIpc) is 2.61. The molecule has 0 unspecified atom stereocenters. The molecule has 0 amide bonds. The molecule has 2 aromatic rings. The number of halogens is 1. The lowest BCUT2D eigenvalue weighted by molar-refractivity contribution is -0.384. The van der Waals surface area contributed by atoms with E-state index in [2.05, 4.69) is 10.6 Å². The third kappa shape index (κ3) is 3.45. The normalized spacial score (nSPS) is 16.7. The van der Waals surface area contributed by atoms with Gasteiger partial charge < -0.3 is 10.6 Å². The summed E-state index contributed by atoms with van der Waals surface area (Å²) in [6.07, 6.45) is 0. The van der Waals surface area contributed by atoms with E-state index in [-0.39, 0.29) is 16.6 Å². The van der Waals surface area contributed by atoms with Gasteiger partial charge in [0, 0.05) is 17.7 Å². The lowest BCUT2D eigenvalue weighted by atomic mass is 9.90. The van der Waals surface area contributed by atoms with Crippen molar-refractivity contribution >= 4 is 34.5 Å². The van der Waals surface area contributed by atoms with Crippen molar-refractivity contribution in [2.45, 2.75) is 13.0 Å². The van der Waals surface area contributed by atoms with Gasteiger partial charge in [0.15, 0.2) is 10.9 Å². The second-order valence-electron chi connectivity index (χ2n) is 5.74. The fourth-order valence-corrected chi connectivity index (χ4v) is 3.08. The number of carbonyl (C=O) groups is 1. The molecule has 2 N–H and O–H groups in total. The number of hydrogen-bond acceptors (Lipinski definition) is 4. The van der Waals surface area contributed by atoms with Crippen LogP contribution in [0, 0.1) is 15.9 Å². The van der Waals surface area contributed by atoms with E-state index in [4.69, 9.17) is 12.2 Å². The molecule has 3 rings (SSSR count). The fourth-order valence-electron chi connectivity index (χ4n) is 2.86. The summed E-state index contributed by atoms with van der Waals surface area (Å²) < 4.78 is 13.2. The summed E-state index contributed by atoms with van der Waals surface area (Å²) >= 11 is 5.23. The maximum absolute atomic E-state index is 13.2. The van der Waals surface area contributed by atoms with Gasteiger partial charge in [0.2, 0.25) is 0 Å². The van der Waals surface area contributed by atoms with Crippen LogP contribution in [0.4, 0.5) is 10.1 Å². The van der Waals surface area contributed by atoms with Gasteiger partial charge in [0.25, 0.3) is 5.69 Å². The number of benzene rings is 2. The third-order valence-electron chi connectivity index (χ3n) is 4.00. The van der Waals surface area contributed by atoms with Gasteiger partial charge in [0.05, 0.1) is 16.7 Å². The first-order chi connectivity index (χ1) is 12.4. The number of nitro groups is 1. The molecule has 1 atom stereocenters. The Morgan fingerprint density at radius 2 is 1.92 bits per heavy atom. The minimum atomic E-state index is -0.652. The quantitative estimate of drug-likeness (QED) is 0.488. The third-order valence-corrected chi connectivity index (χ3v) is 4.22. The van der Waals surface area contributed by atoms with Crippen LogP contribution < -0.4 is 10.6 Å². The molecule has 0 saturated carbocycles. The first kappa shape index (κ1) is 17.7. The minimum Gasteiger partial charge on any atom is -0.351 e. The van der Waals surface area contributed by atoms with Crippen LogP contribution in [0.15, 0.2) is 54.1 Å². The number of nitrogens with zero attached hydrogens (tertiary/aromatic N) is 1. The summed E-state index contributed by atoms with van der Waals surface area (Å²) in [7, 11) is 0. The van der Waals surface area contributed by atoms with Crippen molar-refractivity contribution < 1.29 is 14.1 Å². The number of nitro benzene ring substituents is 1. The van der Waals surface area contributed by atoms with Gasteiger partial charge in [-0.1, -0.05) is 12.1 Å². The van der Waals surface area contributed by atoms with Crippen molar-refractivity contribution in [1.82, 2.24) is 10.6 Å². The molecular weight excluding hydrogens is 357 g/mol. The van der Waals surface area contributed by atoms with Gasteiger partial charge in [-0.25, -0.2) is 4.39 Å². The average molecular weight is 371 g/mol. The van der Waals surface area contributed by atoms with Gasteiger partial charge >= 0.3 is 0 Å². The van der Waals surface area contributed by atoms with E-state index in [0.717, 1.165) is 0 Å². The molecule has 0 spiro atoms. The highest BCUT2D eigenvalue weighted by Crippen LogP contribution is 2.33. The molecule has 2 aromatic carbocycles. The van der Waals surface area contributed by atoms with Crippen molar-refractivity contribution in [2.75, 3.05) is 0 Å². The second-order valence-corrected chi connectivity index (χ2v) is 6.14. The number of nitrogens with one attached hydrogen (secondary N) is 2. The standard InChI is InChI=1S/C18H14FN3O3S/c1-10(23)15-16(11-5-7-13(19)8-6-11)20-18(26)21-17(15)12-3-2-4-14(9-12)22(24)25/h2-9,17H,1H3,(H2,20,21,26)/t17-/m0/s1. The maximum Gasteiger partial charge on any atom is 0.269 e. The summed E-state index contributed by atoms with van der Waals surface area (Å²) in [4.78, 5) is 22.9. The van der Waals surface area contributed by atoms with Crippen molar-refractivity contribution in [3.05, 3.63) is 81.2 Å². The Hall–Kier alpha value is -3.13. The highest BCUT2D eigenvalue weighted by atomic mass is 32.1. The molecule has 1 aliphatic rings. The smallest absolute Gasteiger partial charge is 0.269 e. The van der Waals surface area contributed by atoms with Crippen LogP contribution in [0.25, 0.3) is 5.70 Å². The topological polar surface area (TPSA) is 84.3 Å². The summed E-state index contributed by atoms with van der Waals surface area (Å²) in [5.41, 5.74) is 1.87. The molecule has 0 saturated heterocycles. The van der Waals surface area contributed by atoms with Crippen LogP contribution in [-0.2, 0) is 4.79 Å².